The first-order valence-electron chi connectivity index (χ1n) is 31.5. The van der Waals surface area contributed by atoms with Gasteiger partial charge in [0.25, 0.3) is 0 Å². The van der Waals surface area contributed by atoms with Gasteiger partial charge in [0.1, 0.15) is 26.1 Å². The van der Waals surface area contributed by atoms with Gasteiger partial charge in [-0.1, -0.05) is 194 Å². The highest BCUT2D eigenvalue weighted by Crippen LogP contribution is 2.43. The fourth-order valence-electron chi connectivity index (χ4n) is 7.25. The van der Waals surface area contributed by atoms with E-state index >= 15 is 0 Å². The lowest BCUT2D eigenvalue weighted by molar-refractivity contribution is -0.909. The van der Waals surface area contributed by atoms with Crippen molar-refractivity contribution in [3.05, 3.63) is 12.3 Å². The van der Waals surface area contributed by atoms with E-state index in [1.54, 1.807) is 6.92 Å². The van der Waals surface area contributed by atoms with Crippen LogP contribution < -0.4 is 5.32 Å². The van der Waals surface area contributed by atoms with Gasteiger partial charge in [0.15, 0.2) is 6.10 Å². The second-order valence-electron chi connectivity index (χ2n) is 19.1. The number of amides is 1. The van der Waals surface area contributed by atoms with Crippen molar-refractivity contribution in [3.63, 3.8) is 0 Å². The summed E-state index contributed by atoms with van der Waals surface area (Å²) in [6.07, 6.45) is 35.9. The number of nitrogens with one attached hydrogen (secondary N) is 1. The Balaban J connectivity index is 3.90. The van der Waals surface area contributed by atoms with Gasteiger partial charge in [0, 0.05) is 191 Å². The Labute approximate surface area is 583 Å². The Kier molecular flexibility index (Phi) is 82.2. The molecule has 0 radical (unpaired) electrons. The third-order valence-corrected chi connectivity index (χ3v) is 12.5. The molecule has 55 nitrogen and oxygen atoms in total. The molecule has 0 aliphatic heterocycles. The van der Waals surface area contributed by atoms with Crippen molar-refractivity contribution in [3.8, 4) is 0 Å². The molecule has 0 spiro atoms. The fraction of sp³-hybridized carbons (Fsp3) is 0.894. The molecule has 0 saturated heterocycles. The zero-order valence-corrected chi connectivity index (χ0v) is 57.0. The quantitative estimate of drug-likeness (QED) is 0.0109. The van der Waals surface area contributed by atoms with Gasteiger partial charge in [0.2, 0.25) is 0 Å². The van der Waals surface area contributed by atoms with E-state index in [9.17, 15) is 23.8 Å². The second kappa shape index (κ2) is 85.4. The maximum atomic E-state index is 12.9. The zero-order chi connectivity index (χ0) is 74.4. The Morgan fingerprint density at radius 2 is 0.612 bits per heavy atom. The molecule has 1 unspecified atom stereocenters. The minimum Gasteiger partial charge on any atom is -0.462 e. The average molecular weight is 1560 g/mol. The van der Waals surface area contributed by atoms with Crippen LogP contribution in [0.3, 0.4) is 0 Å². The summed E-state index contributed by atoms with van der Waals surface area (Å²) in [5.41, 5.74) is 0. The molecule has 2 atom stereocenters. The van der Waals surface area contributed by atoms with Crippen molar-refractivity contribution in [2.24, 2.45) is 0 Å². The van der Waals surface area contributed by atoms with Crippen molar-refractivity contribution in [2.75, 3.05) is 39.6 Å². The Hall–Kier alpha value is -3.86. The Morgan fingerprint density at radius 3 is 0.922 bits per heavy atom. The van der Waals surface area contributed by atoms with E-state index in [2.05, 4.69) is 241 Å². The van der Waals surface area contributed by atoms with Crippen molar-refractivity contribution < 1.29 is 268 Å². The fourth-order valence-corrected chi connectivity index (χ4v) is 8.00. The molecular formula is C47H90NO54P. The molecule has 56 heteroatoms. The van der Waals surface area contributed by atoms with Gasteiger partial charge in [-0.15, -0.1) is 0 Å². The van der Waals surface area contributed by atoms with Gasteiger partial charge in [0.05, 0.1) is 13.2 Å². The summed E-state index contributed by atoms with van der Waals surface area (Å²) in [7, 11) is -4.76. The van der Waals surface area contributed by atoms with Crippen LogP contribution in [0.4, 0.5) is 4.79 Å². The number of ether oxygens (including phenoxy) is 3. The van der Waals surface area contributed by atoms with Crippen LogP contribution in [0, 0.1) is 0 Å². The van der Waals surface area contributed by atoms with Crippen LogP contribution in [0.2, 0.25) is 0 Å². The lowest BCUT2D eigenvalue weighted by Gasteiger charge is -2.20. The molecule has 0 aliphatic rings. The third kappa shape index (κ3) is 85.3. The molecular weight excluding hydrogens is 1470 g/mol. The molecule has 2 N–H and O–H groups in total. The normalized spacial score (nSPS) is 12.5. The number of phosphoric ester groups is 1. The first kappa shape index (κ1) is 99.1. The Morgan fingerprint density at radius 1 is 0.330 bits per heavy atom. The van der Waals surface area contributed by atoms with E-state index in [0.29, 0.717) is 12.8 Å². The number of alkyl carbamates (subject to hydrolysis) is 1. The monoisotopic (exact) mass is 1560 g/mol. The van der Waals surface area contributed by atoms with Crippen molar-refractivity contribution in [1.82, 2.24) is 5.32 Å². The maximum absolute atomic E-state index is 12.9. The summed E-state index contributed by atoms with van der Waals surface area (Å²) in [5, 5.41) is 154. The molecule has 0 bridgehead atoms. The first-order valence-corrected chi connectivity index (χ1v) is 33.0. The van der Waals surface area contributed by atoms with E-state index < -0.39 is 65.0 Å². The van der Waals surface area contributed by atoms with E-state index in [0.717, 1.165) is 51.2 Å². The minimum atomic E-state index is -4.76. The van der Waals surface area contributed by atoms with Crippen LogP contribution in [-0.4, -0.2) is 68.6 Å². The molecule has 0 aromatic carbocycles. The predicted molar refractivity (Wildman–Crippen MR) is 288 cm³/mol. The molecule has 1 amide bonds. The lowest BCUT2D eigenvalue weighted by atomic mass is 10.0. The van der Waals surface area contributed by atoms with Crippen LogP contribution in [0.25, 0.3) is 0 Å². The standard InChI is InChI=1S/C47H90NO54P/c1-4-7-9-11-13-15-17-19-21-23-25-27-29-31-33-35-45(49)55-42-44(60-46(50)36-34-32-30-28-26-24-22-20-18-16-14-12-10-8-5-2)43-59-103(52,53)58-39-37-48-47(51)54-40-41-57-62-64-66-68-70-72-74-76-78-80-82-84-86-88-90-92-94-96-98-100-102-101-99-97-95-93-91-89-87-85-83-81-79-77-75-73-71-69-67-65-63-61-56-38-6-3/h6,38,44H,4-5,7-37,39-43H2,1-3H3,(H,48,51)(H,52,53)/t44-/m1/s1. The van der Waals surface area contributed by atoms with Gasteiger partial charge in [-0.25, -0.2) is 14.2 Å². The van der Waals surface area contributed by atoms with Gasteiger partial charge in [-0.3, -0.25) is 18.6 Å². The lowest BCUT2D eigenvalue weighted by Crippen LogP contribution is -2.30. The highest BCUT2D eigenvalue weighted by atomic mass is 31.2. The molecule has 0 fully saturated rings. The van der Waals surface area contributed by atoms with Crippen LogP contribution in [0.15, 0.2) is 12.3 Å². The largest absolute Gasteiger partial charge is 0.472 e. The number of esters is 2. The van der Waals surface area contributed by atoms with Crippen LogP contribution in [0.1, 0.15) is 226 Å². The molecule has 612 valence electrons. The number of carbonyl (C=O) groups excluding carboxylic acids is 3. The molecule has 0 saturated carbocycles. The highest BCUT2D eigenvalue weighted by Gasteiger charge is 2.26. The number of carbonyl (C=O) groups is 3. The summed E-state index contributed by atoms with van der Waals surface area (Å²) < 4.78 is 38.4. The Bertz CT molecular complexity index is 1820. The summed E-state index contributed by atoms with van der Waals surface area (Å²) in [5.74, 6) is -1.06. The van der Waals surface area contributed by atoms with Crippen LogP contribution >= 0.6 is 7.82 Å². The second-order valence-corrected chi connectivity index (χ2v) is 20.6. The summed E-state index contributed by atoms with van der Waals surface area (Å²) in [4.78, 5) is 56.4. The maximum Gasteiger partial charge on any atom is 0.472 e. The van der Waals surface area contributed by atoms with Gasteiger partial charge in [-0.05, 0) is 66.1 Å². The predicted octanol–water partition coefficient (Wildman–Crippen LogP) is 10.4. The number of allylic oxidation sites excluding steroid dienone is 1. The topological polar surface area (TPSA) is 553 Å². The molecule has 0 aromatic heterocycles. The molecule has 0 rings (SSSR count). The first-order chi connectivity index (χ1) is 50.7. The molecule has 103 heavy (non-hydrogen) atoms. The number of rotatable bonds is 89. The SMILES string of the molecule is CC=COOOOOOOOOOOOOOOOOOOOOOOOOOOOOOOOOOOOOOOOOOOOCCOC(=O)NCCOP(=O)(O)OC[C@@H](COC(=O)CCCCCCCCCCCCCCCCC)OC(=O)CCCCCCCCCCCCCCCCC. The van der Waals surface area contributed by atoms with Crippen molar-refractivity contribution >= 4 is 25.9 Å². The van der Waals surface area contributed by atoms with Crippen molar-refractivity contribution in [1.29, 1.82) is 0 Å². The van der Waals surface area contributed by atoms with Crippen LogP contribution in [-0.2, 0) is 259 Å². The number of hydrogen-bond acceptors (Lipinski definition) is 53. The minimum absolute atomic E-state index is 0.109. The van der Waals surface area contributed by atoms with Gasteiger partial charge in [-0.2, -0.15) is 0 Å². The van der Waals surface area contributed by atoms with Gasteiger partial charge < -0.3 is 29.3 Å². The number of unbranched alkanes of at least 4 members (excludes halogenated alkanes) is 28. The number of hydrogen-bond donors (Lipinski definition) is 2. The molecule has 0 aromatic rings. The number of phosphoric acid groups is 1. The van der Waals surface area contributed by atoms with Gasteiger partial charge >= 0.3 is 25.9 Å². The zero-order valence-electron chi connectivity index (χ0n) is 56.1. The highest BCUT2D eigenvalue weighted by molar-refractivity contribution is 7.47. The molecule has 0 aliphatic carbocycles. The average Bonchev–Trinajstić information content (AvgIpc) is 1.04. The summed E-state index contributed by atoms with van der Waals surface area (Å²) in [6, 6.07) is 0. The summed E-state index contributed by atoms with van der Waals surface area (Å²) in [6.45, 7) is 3.31. The van der Waals surface area contributed by atoms with E-state index in [1.165, 1.54) is 141 Å². The smallest absolute Gasteiger partial charge is 0.462 e. The third-order valence-electron chi connectivity index (χ3n) is 11.6. The van der Waals surface area contributed by atoms with Crippen LogP contribution in [0.5, 0.6) is 0 Å². The van der Waals surface area contributed by atoms with Crippen molar-refractivity contribution in [2.45, 2.75) is 232 Å². The van der Waals surface area contributed by atoms with E-state index in [-0.39, 0.29) is 19.4 Å². The van der Waals surface area contributed by atoms with E-state index in [1.807, 2.05) is 0 Å². The van der Waals surface area contributed by atoms with E-state index in [4.69, 9.17) is 23.3 Å². The molecule has 0 heterocycles. The summed E-state index contributed by atoms with van der Waals surface area (Å²) >= 11 is 0.